The molecule has 0 radical (unpaired) electrons. The number of carbonyl (C=O) groups is 1. The maximum absolute atomic E-state index is 14.1. The normalized spacial score (nSPS) is 19.6. The van der Waals surface area contributed by atoms with Crippen LogP contribution in [0.2, 0.25) is 0 Å². The van der Waals surface area contributed by atoms with Crippen LogP contribution in [0.3, 0.4) is 0 Å². The average Bonchev–Trinajstić information content (AvgIpc) is 3.24. The van der Waals surface area contributed by atoms with Crippen LogP contribution in [0, 0.1) is 5.82 Å². The van der Waals surface area contributed by atoms with Gasteiger partial charge in [0.05, 0.1) is 0 Å². The monoisotopic (exact) mass is 542 g/mol. The van der Waals surface area contributed by atoms with E-state index in [1.54, 1.807) is 11.9 Å². The molecular weight excluding hydrogens is 516 g/mol. The van der Waals surface area contributed by atoms with Gasteiger partial charge in [0.25, 0.3) is 5.91 Å². The molecule has 1 amide bonds. The van der Waals surface area contributed by atoms with Crippen molar-refractivity contribution in [1.29, 1.82) is 0 Å². The van der Waals surface area contributed by atoms with E-state index < -0.39 is 12.4 Å². The first-order valence-electron chi connectivity index (χ1n) is 9.57. The molecule has 2 heterocycles. The maximum atomic E-state index is 14.1. The molecule has 2 saturated heterocycles. The van der Waals surface area contributed by atoms with Crippen molar-refractivity contribution in [2.75, 3.05) is 39.8 Å². The van der Waals surface area contributed by atoms with Crippen molar-refractivity contribution in [2.45, 2.75) is 32.1 Å². The van der Waals surface area contributed by atoms with Crippen LogP contribution in [0.15, 0.2) is 23.2 Å². The van der Waals surface area contributed by atoms with Crippen molar-refractivity contribution in [1.82, 2.24) is 15.1 Å². The highest BCUT2D eigenvalue weighted by atomic mass is 127. The smallest absolute Gasteiger partial charge is 0.387 e. The lowest BCUT2D eigenvalue weighted by Gasteiger charge is -2.37. The quantitative estimate of drug-likeness (QED) is 0.352. The Balaban J connectivity index is 0.00000320. The fraction of sp³-hybridized carbons (Fsp3) is 0.579. The van der Waals surface area contributed by atoms with Crippen LogP contribution in [-0.2, 0) is 16.1 Å². The van der Waals surface area contributed by atoms with Gasteiger partial charge < -0.3 is 24.6 Å². The number of piperazine rings is 1. The number of amides is 1. The summed E-state index contributed by atoms with van der Waals surface area (Å²) in [7, 11) is 1.59. The summed E-state index contributed by atoms with van der Waals surface area (Å²) in [5, 5.41) is 2.99. The zero-order chi connectivity index (χ0) is 20.8. The number of hydrogen-bond donors (Lipinski definition) is 1. The Morgan fingerprint density at radius 3 is 2.60 bits per heavy atom. The lowest BCUT2D eigenvalue weighted by molar-refractivity contribution is -0.142. The summed E-state index contributed by atoms with van der Waals surface area (Å²) in [5.41, 5.74) is 0.00106. The zero-order valence-electron chi connectivity index (χ0n) is 16.7. The molecule has 2 aliphatic heterocycles. The minimum absolute atomic E-state index is 0. The van der Waals surface area contributed by atoms with Crippen molar-refractivity contribution in [2.24, 2.45) is 4.99 Å². The van der Waals surface area contributed by atoms with E-state index in [1.165, 1.54) is 18.2 Å². The topological polar surface area (TPSA) is 66.4 Å². The fourth-order valence-electron chi connectivity index (χ4n) is 3.53. The second-order valence-corrected chi connectivity index (χ2v) is 6.81. The number of nitrogens with one attached hydrogen (secondary N) is 1. The summed E-state index contributed by atoms with van der Waals surface area (Å²) in [6, 6.07) is 3.80. The maximum Gasteiger partial charge on any atom is 0.387 e. The Kier molecular flexibility index (Phi) is 9.46. The second-order valence-electron chi connectivity index (χ2n) is 6.81. The number of rotatable bonds is 5. The SMILES string of the molecule is CN=C(NCc1c(F)cccc1OC(F)F)N1CCN(C(=O)C2CCCO2)CC1.I. The van der Waals surface area contributed by atoms with Crippen molar-refractivity contribution in [3.05, 3.63) is 29.6 Å². The molecule has 0 bridgehead atoms. The first kappa shape index (κ1) is 24.5. The highest BCUT2D eigenvalue weighted by molar-refractivity contribution is 14.0. The Bertz CT molecular complexity index is 740. The molecule has 1 aromatic rings. The van der Waals surface area contributed by atoms with Crippen LogP contribution in [-0.4, -0.2) is 74.2 Å². The molecule has 3 rings (SSSR count). The van der Waals surface area contributed by atoms with Crippen LogP contribution in [0.4, 0.5) is 13.2 Å². The highest BCUT2D eigenvalue weighted by Gasteiger charge is 2.31. The molecule has 1 aromatic carbocycles. The molecule has 7 nitrogen and oxygen atoms in total. The molecule has 0 saturated carbocycles. The van der Waals surface area contributed by atoms with E-state index in [-0.39, 0.29) is 53.8 Å². The first-order valence-corrected chi connectivity index (χ1v) is 9.57. The second kappa shape index (κ2) is 11.6. The summed E-state index contributed by atoms with van der Waals surface area (Å²) < 4.78 is 49.1. The minimum atomic E-state index is -3.04. The van der Waals surface area contributed by atoms with Gasteiger partial charge in [-0.2, -0.15) is 8.78 Å². The summed E-state index contributed by atoms with van der Waals surface area (Å²) in [4.78, 5) is 20.3. The van der Waals surface area contributed by atoms with Crippen molar-refractivity contribution in [3.8, 4) is 5.75 Å². The van der Waals surface area contributed by atoms with E-state index in [9.17, 15) is 18.0 Å². The van der Waals surface area contributed by atoms with E-state index in [2.05, 4.69) is 15.0 Å². The third-order valence-electron chi connectivity index (χ3n) is 5.02. The van der Waals surface area contributed by atoms with E-state index >= 15 is 0 Å². The first-order chi connectivity index (χ1) is 14.0. The molecule has 2 aliphatic rings. The van der Waals surface area contributed by atoms with Gasteiger partial charge in [0.15, 0.2) is 5.96 Å². The van der Waals surface area contributed by atoms with Crippen molar-refractivity contribution in [3.63, 3.8) is 0 Å². The molecule has 0 spiro atoms. The lowest BCUT2D eigenvalue weighted by atomic mass is 10.2. The summed E-state index contributed by atoms with van der Waals surface area (Å²) in [5.74, 6) is -0.335. The largest absolute Gasteiger partial charge is 0.434 e. The van der Waals surface area contributed by atoms with Gasteiger partial charge in [0.1, 0.15) is 17.7 Å². The minimum Gasteiger partial charge on any atom is -0.434 e. The third-order valence-corrected chi connectivity index (χ3v) is 5.02. The van der Waals surface area contributed by atoms with Gasteiger partial charge in [-0.1, -0.05) is 6.07 Å². The van der Waals surface area contributed by atoms with E-state index in [1.807, 2.05) is 4.90 Å². The number of carbonyl (C=O) groups excluding carboxylic acids is 1. The van der Waals surface area contributed by atoms with E-state index in [0.717, 1.165) is 12.8 Å². The standard InChI is InChI=1S/C19H25F3N4O3.HI/c1-23-19(24-12-13-14(20)4-2-5-15(13)29-18(21)22)26-9-7-25(8-10-26)17(27)16-6-3-11-28-16;/h2,4-5,16,18H,3,6-12H2,1H3,(H,23,24);1H. The van der Waals surface area contributed by atoms with Gasteiger partial charge in [-0.15, -0.1) is 24.0 Å². The number of nitrogens with zero attached hydrogens (tertiary/aromatic N) is 3. The van der Waals surface area contributed by atoms with Gasteiger partial charge in [-0.25, -0.2) is 4.39 Å². The summed E-state index contributed by atoms with van der Waals surface area (Å²) in [6.45, 7) is -0.315. The molecule has 0 aliphatic carbocycles. The molecule has 1 N–H and O–H groups in total. The van der Waals surface area contributed by atoms with E-state index in [4.69, 9.17) is 4.74 Å². The Morgan fingerprint density at radius 1 is 1.30 bits per heavy atom. The predicted molar refractivity (Wildman–Crippen MR) is 116 cm³/mol. The van der Waals surface area contributed by atoms with Gasteiger partial charge in [0, 0.05) is 51.9 Å². The van der Waals surface area contributed by atoms with Gasteiger partial charge in [-0.3, -0.25) is 9.79 Å². The van der Waals surface area contributed by atoms with Crippen molar-refractivity contribution < 1.29 is 27.4 Å². The highest BCUT2D eigenvalue weighted by Crippen LogP contribution is 2.23. The summed E-state index contributed by atoms with van der Waals surface area (Å²) in [6.07, 6.45) is 1.32. The number of aliphatic imine (C=N–C) groups is 1. The summed E-state index contributed by atoms with van der Waals surface area (Å²) >= 11 is 0. The van der Waals surface area contributed by atoms with Gasteiger partial charge >= 0.3 is 6.61 Å². The van der Waals surface area contributed by atoms with E-state index in [0.29, 0.717) is 38.7 Å². The van der Waals surface area contributed by atoms with Gasteiger partial charge in [0.2, 0.25) is 0 Å². The van der Waals surface area contributed by atoms with Crippen LogP contribution >= 0.6 is 24.0 Å². The Hall–Kier alpha value is -1.76. The lowest BCUT2D eigenvalue weighted by Crippen LogP contribution is -2.55. The molecule has 0 aromatic heterocycles. The number of guanidine groups is 1. The molecule has 1 atom stereocenters. The average molecular weight is 542 g/mol. The Morgan fingerprint density at radius 2 is 2.00 bits per heavy atom. The number of alkyl halides is 2. The third kappa shape index (κ3) is 6.13. The molecule has 2 fully saturated rings. The van der Waals surface area contributed by atoms with Crippen molar-refractivity contribution >= 4 is 35.8 Å². The molecule has 11 heteroatoms. The number of hydrogen-bond acceptors (Lipinski definition) is 4. The molecule has 1 unspecified atom stereocenters. The van der Waals surface area contributed by atoms with Crippen LogP contribution in [0.25, 0.3) is 0 Å². The van der Waals surface area contributed by atoms with Crippen LogP contribution in [0.1, 0.15) is 18.4 Å². The predicted octanol–water partition coefficient (Wildman–Crippen LogP) is 2.44. The van der Waals surface area contributed by atoms with Crippen LogP contribution < -0.4 is 10.1 Å². The molecule has 30 heavy (non-hydrogen) atoms. The number of benzene rings is 1. The Labute approximate surface area is 190 Å². The molecule has 168 valence electrons. The zero-order valence-corrected chi connectivity index (χ0v) is 19.0. The fourth-order valence-corrected chi connectivity index (χ4v) is 3.53. The number of halogens is 4. The molecular formula is C19H26F3IN4O3. The number of ether oxygens (including phenoxy) is 2. The van der Waals surface area contributed by atoms with Gasteiger partial charge in [-0.05, 0) is 25.0 Å². The van der Waals surface area contributed by atoms with Crippen LogP contribution in [0.5, 0.6) is 5.75 Å².